The van der Waals surface area contributed by atoms with Crippen molar-refractivity contribution in [2.45, 2.75) is 54.9 Å². The third-order valence-corrected chi connectivity index (χ3v) is 4.04. The van der Waals surface area contributed by atoms with Crippen molar-refractivity contribution in [2.24, 2.45) is 21.7 Å². The van der Waals surface area contributed by atoms with Gasteiger partial charge in [0.15, 0.2) is 0 Å². The van der Waals surface area contributed by atoms with Gasteiger partial charge in [0.1, 0.15) is 0 Å². The van der Waals surface area contributed by atoms with E-state index in [1.807, 2.05) is 11.8 Å². The van der Waals surface area contributed by atoms with Crippen molar-refractivity contribution in [3.8, 4) is 0 Å². The zero-order valence-corrected chi connectivity index (χ0v) is 13.6. The van der Waals surface area contributed by atoms with Crippen LogP contribution in [0.5, 0.6) is 0 Å². The summed E-state index contributed by atoms with van der Waals surface area (Å²) in [5.41, 5.74) is 3.60. The first-order chi connectivity index (χ1) is 7.67. The van der Waals surface area contributed by atoms with Gasteiger partial charge < -0.3 is 0 Å². The molecule has 0 atom stereocenters. The molecule has 17 heavy (non-hydrogen) atoms. The van der Waals surface area contributed by atoms with Gasteiger partial charge in [-0.25, -0.2) is 0 Å². The SMILES string of the molecule is C/C=C(\N=CSC)C(C)(C)CC(C)(C)C(C)C. The van der Waals surface area contributed by atoms with Crippen LogP contribution >= 0.6 is 11.8 Å². The maximum atomic E-state index is 4.57. The third-order valence-electron chi connectivity index (χ3n) is 3.72. The molecule has 100 valence electrons. The van der Waals surface area contributed by atoms with Crippen LogP contribution in [0, 0.1) is 16.7 Å². The predicted octanol–water partition coefficient (Wildman–Crippen LogP) is 5.38. The monoisotopic (exact) mass is 255 g/mol. The lowest BCUT2D eigenvalue weighted by molar-refractivity contribution is 0.160. The molecule has 0 saturated carbocycles. The number of rotatable bonds is 6. The Hall–Kier alpha value is -0.240. The third kappa shape index (κ3) is 5.29. The predicted molar refractivity (Wildman–Crippen MR) is 82.8 cm³/mol. The van der Waals surface area contributed by atoms with Gasteiger partial charge in [0.05, 0.1) is 5.55 Å². The minimum absolute atomic E-state index is 0.134. The standard InChI is InChI=1S/C15H29NS/c1-9-13(16-11-17-8)15(6,7)10-14(4,5)12(2)3/h9,11-12H,10H2,1-8H3/b13-9-,16-11?. The number of hydrogen-bond acceptors (Lipinski definition) is 2. The van der Waals surface area contributed by atoms with Crippen LogP contribution in [0.15, 0.2) is 16.8 Å². The van der Waals surface area contributed by atoms with Gasteiger partial charge in [-0.05, 0) is 30.9 Å². The molecule has 2 heteroatoms. The first-order valence-electron chi connectivity index (χ1n) is 6.39. The zero-order chi connectivity index (χ0) is 13.7. The van der Waals surface area contributed by atoms with Crippen molar-refractivity contribution in [1.29, 1.82) is 0 Å². The molecular weight excluding hydrogens is 226 g/mol. The lowest BCUT2D eigenvalue weighted by Gasteiger charge is -2.38. The minimum Gasteiger partial charge on any atom is -0.254 e. The summed E-state index contributed by atoms with van der Waals surface area (Å²) in [4.78, 5) is 4.57. The quantitative estimate of drug-likeness (QED) is 0.458. The van der Waals surface area contributed by atoms with E-state index in [1.165, 1.54) is 5.70 Å². The Kier molecular flexibility index (Phi) is 6.53. The van der Waals surface area contributed by atoms with Crippen molar-refractivity contribution in [2.75, 3.05) is 6.26 Å². The molecule has 0 radical (unpaired) electrons. The molecule has 0 aromatic rings. The van der Waals surface area contributed by atoms with Gasteiger partial charge in [0.2, 0.25) is 0 Å². The number of allylic oxidation sites excluding steroid dienone is 2. The molecule has 0 saturated heterocycles. The van der Waals surface area contributed by atoms with Crippen LogP contribution in [0.1, 0.15) is 54.9 Å². The summed E-state index contributed by atoms with van der Waals surface area (Å²) < 4.78 is 0. The molecule has 0 fully saturated rings. The van der Waals surface area contributed by atoms with E-state index >= 15 is 0 Å². The second-order valence-electron chi connectivity index (χ2n) is 6.35. The van der Waals surface area contributed by atoms with Crippen LogP contribution in [0.4, 0.5) is 0 Å². The summed E-state index contributed by atoms with van der Waals surface area (Å²) >= 11 is 1.65. The number of thioether (sulfide) groups is 1. The second-order valence-corrected chi connectivity index (χ2v) is 7.03. The summed E-state index contributed by atoms with van der Waals surface area (Å²) in [6.07, 6.45) is 5.34. The smallest absolute Gasteiger partial charge is 0.0597 e. The largest absolute Gasteiger partial charge is 0.254 e. The second kappa shape index (κ2) is 6.63. The Labute approximate surface area is 112 Å². The van der Waals surface area contributed by atoms with Gasteiger partial charge in [0.25, 0.3) is 0 Å². The molecule has 0 N–H and O–H groups in total. The van der Waals surface area contributed by atoms with Gasteiger partial charge in [-0.1, -0.05) is 47.6 Å². The highest BCUT2D eigenvalue weighted by Gasteiger charge is 2.33. The van der Waals surface area contributed by atoms with Crippen LogP contribution in [0.3, 0.4) is 0 Å². The van der Waals surface area contributed by atoms with Gasteiger partial charge in [-0.3, -0.25) is 4.99 Å². The normalized spacial score (nSPS) is 15.0. The van der Waals surface area contributed by atoms with Gasteiger partial charge in [-0.15, -0.1) is 11.8 Å². The minimum atomic E-state index is 0.134. The van der Waals surface area contributed by atoms with Crippen molar-refractivity contribution < 1.29 is 0 Å². The Balaban J connectivity index is 4.94. The van der Waals surface area contributed by atoms with Crippen molar-refractivity contribution in [3.05, 3.63) is 11.8 Å². The van der Waals surface area contributed by atoms with Crippen LogP contribution in [-0.4, -0.2) is 11.8 Å². The highest BCUT2D eigenvalue weighted by Crippen LogP contribution is 2.43. The summed E-state index contributed by atoms with van der Waals surface area (Å²) in [5.74, 6) is 0.685. The zero-order valence-electron chi connectivity index (χ0n) is 12.8. The first-order valence-corrected chi connectivity index (χ1v) is 7.68. The number of aliphatic imine (C=N–C) groups is 1. The highest BCUT2D eigenvalue weighted by molar-refractivity contribution is 8.11. The highest BCUT2D eigenvalue weighted by atomic mass is 32.2. The maximum Gasteiger partial charge on any atom is 0.0597 e. The fraction of sp³-hybridized carbons (Fsp3) is 0.800. The molecule has 0 unspecified atom stereocenters. The molecule has 0 bridgehead atoms. The summed E-state index contributed by atoms with van der Waals surface area (Å²) in [6.45, 7) is 16.0. The van der Waals surface area contributed by atoms with Crippen LogP contribution in [-0.2, 0) is 0 Å². The molecule has 0 aromatic heterocycles. The van der Waals surface area contributed by atoms with E-state index in [-0.39, 0.29) is 5.41 Å². The fourth-order valence-electron chi connectivity index (χ4n) is 2.18. The van der Waals surface area contributed by atoms with E-state index in [2.05, 4.69) is 59.5 Å². The van der Waals surface area contributed by atoms with Gasteiger partial charge >= 0.3 is 0 Å². The Morgan fingerprint density at radius 1 is 1.24 bits per heavy atom. The molecular formula is C15H29NS. The van der Waals surface area contributed by atoms with E-state index in [1.54, 1.807) is 11.8 Å². The van der Waals surface area contributed by atoms with E-state index < -0.39 is 0 Å². The Morgan fingerprint density at radius 3 is 2.12 bits per heavy atom. The molecule has 0 spiro atoms. The fourth-order valence-corrected chi connectivity index (χ4v) is 2.40. The molecule has 0 aliphatic heterocycles. The van der Waals surface area contributed by atoms with E-state index in [0.29, 0.717) is 11.3 Å². The summed E-state index contributed by atoms with van der Waals surface area (Å²) in [7, 11) is 0. The van der Waals surface area contributed by atoms with E-state index in [4.69, 9.17) is 0 Å². The van der Waals surface area contributed by atoms with E-state index in [9.17, 15) is 0 Å². The van der Waals surface area contributed by atoms with Crippen LogP contribution in [0.25, 0.3) is 0 Å². The van der Waals surface area contributed by atoms with Gasteiger partial charge in [-0.2, -0.15) is 0 Å². The molecule has 0 heterocycles. The molecule has 0 rings (SSSR count). The van der Waals surface area contributed by atoms with Crippen molar-refractivity contribution in [3.63, 3.8) is 0 Å². The van der Waals surface area contributed by atoms with Crippen molar-refractivity contribution >= 4 is 17.3 Å². The molecule has 0 aliphatic carbocycles. The number of hydrogen-bond donors (Lipinski definition) is 0. The van der Waals surface area contributed by atoms with E-state index in [0.717, 1.165) is 6.42 Å². The van der Waals surface area contributed by atoms with Crippen LogP contribution in [0.2, 0.25) is 0 Å². The lowest BCUT2D eigenvalue weighted by Crippen LogP contribution is -2.28. The van der Waals surface area contributed by atoms with Gasteiger partial charge in [0, 0.05) is 11.1 Å². The lowest BCUT2D eigenvalue weighted by atomic mass is 9.68. The summed E-state index contributed by atoms with van der Waals surface area (Å²) in [6, 6.07) is 0. The Bertz CT molecular complexity index is 285. The first kappa shape index (κ1) is 16.8. The number of nitrogens with zero attached hydrogens (tertiary/aromatic N) is 1. The average molecular weight is 255 g/mol. The van der Waals surface area contributed by atoms with Crippen molar-refractivity contribution in [1.82, 2.24) is 0 Å². The maximum absolute atomic E-state index is 4.57. The molecule has 1 nitrogen and oxygen atoms in total. The molecule has 0 amide bonds. The summed E-state index contributed by atoms with van der Waals surface area (Å²) in [5, 5.41) is 0. The molecule has 0 aliphatic rings. The average Bonchev–Trinajstić information content (AvgIpc) is 2.16. The molecule has 0 aromatic carbocycles. The van der Waals surface area contributed by atoms with Crippen LogP contribution < -0.4 is 0 Å². The Morgan fingerprint density at radius 2 is 1.76 bits per heavy atom. The topological polar surface area (TPSA) is 12.4 Å².